The third-order valence-corrected chi connectivity index (χ3v) is 11.3. The van der Waals surface area contributed by atoms with Gasteiger partial charge in [0.05, 0.1) is 22.4 Å². The molecule has 276 valence electrons. The average Bonchev–Trinajstić information content (AvgIpc) is 3.62. The highest BCUT2D eigenvalue weighted by atomic mass is 15.2. The second-order valence-electron chi connectivity index (χ2n) is 14.7. The molecule has 0 aliphatic rings. The van der Waals surface area contributed by atoms with Crippen LogP contribution in [-0.2, 0) is 0 Å². The molecule has 0 bridgehead atoms. The molecule has 1 heterocycles. The van der Waals surface area contributed by atoms with Gasteiger partial charge in [-0.15, -0.1) is 0 Å². The minimum absolute atomic E-state index is 0.457. The molecular weight excluding hydrogens is 703 g/mol. The van der Waals surface area contributed by atoms with Crippen molar-refractivity contribution >= 4 is 66.5 Å². The van der Waals surface area contributed by atoms with Gasteiger partial charge in [-0.2, -0.15) is 0 Å². The Morgan fingerprint density at radius 3 is 1.90 bits per heavy atom. The molecule has 0 radical (unpaired) electrons. The Hall–Kier alpha value is -7.49. The average molecular weight is 744 g/mol. The number of allylic oxidation sites excluding steroid dienone is 2. The number of hydrogen-bond acceptors (Lipinski definition) is 2. The van der Waals surface area contributed by atoms with Crippen molar-refractivity contribution in [2.24, 2.45) is 4.99 Å². The first kappa shape index (κ1) is 35.0. The molecular formula is C55H41N3. The van der Waals surface area contributed by atoms with Crippen molar-refractivity contribution in [1.29, 1.82) is 0 Å². The number of rotatable bonds is 9. The summed E-state index contributed by atoms with van der Waals surface area (Å²) in [5.74, 6) is 0. The lowest BCUT2D eigenvalue weighted by Gasteiger charge is -2.25. The molecule has 0 N–H and O–H groups in total. The Morgan fingerprint density at radius 1 is 0.500 bits per heavy atom. The number of aliphatic imine (C=N–C) groups is 1. The number of para-hydroxylation sites is 1. The van der Waals surface area contributed by atoms with Crippen molar-refractivity contribution in [2.45, 2.75) is 6.92 Å². The van der Waals surface area contributed by atoms with Crippen LogP contribution in [0, 0.1) is 0 Å². The minimum atomic E-state index is 0.457. The summed E-state index contributed by atoms with van der Waals surface area (Å²) < 4.78 is 2.44. The van der Waals surface area contributed by atoms with Crippen molar-refractivity contribution in [2.75, 3.05) is 11.6 Å². The van der Waals surface area contributed by atoms with Crippen LogP contribution in [0.15, 0.2) is 217 Å². The number of fused-ring (bicyclic) bond motifs is 5. The summed E-state index contributed by atoms with van der Waals surface area (Å²) in [6.45, 7) is 2.53. The van der Waals surface area contributed by atoms with Crippen LogP contribution in [-0.4, -0.2) is 17.5 Å². The standard InChI is InChI=1S/C55H41N3/c1-2-39(40-17-4-3-5-18-40)37-56-38-57(52-31-15-21-41-19-6-8-27-48(41)52)45-24-14-23-43(35-45)46-25-10-11-26-47(46)44-33-34-51-50-29-12-13-30-54(50)58(55(51)36-44)53-32-16-22-42-20-7-9-28-49(42)53/h2-37H,38H2,1H3/b39-2+,56-37-. The Morgan fingerprint density at radius 2 is 1.10 bits per heavy atom. The maximum atomic E-state index is 5.08. The summed E-state index contributed by atoms with van der Waals surface area (Å²) in [6.07, 6.45) is 4.12. The van der Waals surface area contributed by atoms with E-state index in [0.717, 1.165) is 28.1 Å². The van der Waals surface area contributed by atoms with E-state index in [0.29, 0.717) is 6.67 Å². The lowest BCUT2D eigenvalue weighted by Crippen LogP contribution is -2.17. The van der Waals surface area contributed by atoms with E-state index in [-0.39, 0.29) is 0 Å². The van der Waals surface area contributed by atoms with E-state index < -0.39 is 0 Å². The number of aromatic nitrogens is 1. The van der Waals surface area contributed by atoms with Gasteiger partial charge in [-0.3, -0.25) is 4.99 Å². The van der Waals surface area contributed by atoms with Crippen molar-refractivity contribution in [3.05, 3.63) is 218 Å². The fraction of sp³-hybridized carbons (Fsp3) is 0.0364. The Balaban J connectivity index is 1.09. The van der Waals surface area contributed by atoms with Crippen LogP contribution >= 0.6 is 0 Å². The first-order valence-corrected chi connectivity index (χ1v) is 19.9. The van der Waals surface area contributed by atoms with Crippen molar-refractivity contribution in [3.63, 3.8) is 0 Å². The zero-order chi connectivity index (χ0) is 38.8. The van der Waals surface area contributed by atoms with E-state index in [2.05, 4.69) is 223 Å². The summed E-state index contributed by atoms with van der Waals surface area (Å²) in [7, 11) is 0. The molecule has 3 heteroatoms. The molecule has 1 aromatic heterocycles. The van der Waals surface area contributed by atoms with Gasteiger partial charge in [0.25, 0.3) is 0 Å². The normalized spacial score (nSPS) is 12.0. The predicted octanol–water partition coefficient (Wildman–Crippen LogP) is 14.7. The fourth-order valence-electron chi connectivity index (χ4n) is 8.54. The molecule has 3 nitrogen and oxygen atoms in total. The van der Waals surface area contributed by atoms with Gasteiger partial charge >= 0.3 is 0 Å². The third kappa shape index (κ3) is 6.33. The molecule has 0 aliphatic carbocycles. The van der Waals surface area contributed by atoms with E-state index in [1.165, 1.54) is 65.7 Å². The zero-order valence-electron chi connectivity index (χ0n) is 32.3. The van der Waals surface area contributed by atoms with E-state index in [9.17, 15) is 0 Å². The van der Waals surface area contributed by atoms with E-state index in [1.54, 1.807) is 0 Å². The quantitative estimate of drug-likeness (QED) is 0.135. The third-order valence-electron chi connectivity index (χ3n) is 11.3. The number of anilines is 2. The molecule has 0 amide bonds. The van der Waals surface area contributed by atoms with Gasteiger partial charge in [-0.25, -0.2) is 0 Å². The van der Waals surface area contributed by atoms with Crippen molar-refractivity contribution < 1.29 is 0 Å². The van der Waals surface area contributed by atoms with Gasteiger partial charge in [0, 0.05) is 33.4 Å². The largest absolute Gasteiger partial charge is 0.321 e. The molecule has 0 fully saturated rings. The lowest BCUT2D eigenvalue weighted by atomic mass is 9.93. The Bertz CT molecular complexity index is 3160. The number of hydrogen-bond donors (Lipinski definition) is 0. The van der Waals surface area contributed by atoms with E-state index in [1.807, 2.05) is 12.3 Å². The summed E-state index contributed by atoms with van der Waals surface area (Å²) in [5.41, 5.74) is 12.7. The highest BCUT2D eigenvalue weighted by Gasteiger charge is 2.18. The van der Waals surface area contributed by atoms with Crippen LogP contribution in [0.4, 0.5) is 11.4 Å². The second-order valence-corrected chi connectivity index (χ2v) is 14.7. The maximum Gasteiger partial charge on any atom is 0.114 e. The summed E-state index contributed by atoms with van der Waals surface area (Å²) in [4.78, 5) is 7.41. The first-order chi connectivity index (χ1) is 28.7. The molecule has 0 spiro atoms. The van der Waals surface area contributed by atoms with E-state index in [4.69, 9.17) is 4.99 Å². The van der Waals surface area contributed by atoms with Gasteiger partial charge < -0.3 is 9.47 Å². The van der Waals surface area contributed by atoms with Crippen LogP contribution < -0.4 is 4.90 Å². The zero-order valence-corrected chi connectivity index (χ0v) is 32.3. The molecule has 0 atom stereocenters. The van der Waals surface area contributed by atoms with Gasteiger partial charge in [0.15, 0.2) is 0 Å². The monoisotopic (exact) mass is 743 g/mol. The fourth-order valence-corrected chi connectivity index (χ4v) is 8.54. The SMILES string of the molecule is C/C=C(\C=N/CN(c1cccc(-c2ccccc2-c2ccc3c4ccccc4n(-c4cccc5ccccc45)c3c2)c1)c1cccc2ccccc12)c1ccccc1. The second kappa shape index (κ2) is 15.2. The van der Waals surface area contributed by atoms with Crippen LogP contribution in [0.2, 0.25) is 0 Å². The smallest absolute Gasteiger partial charge is 0.114 e. The maximum absolute atomic E-state index is 5.08. The predicted molar refractivity (Wildman–Crippen MR) is 249 cm³/mol. The van der Waals surface area contributed by atoms with Crippen LogP contribution in [0.25, 0.3) is 76.9 Å². The van der Waals surface area contributed by atoms with Gasteiger partial charge in [-0.05, 0) is 87.5 Å². The highest BCUT2D eigenvalue weighted by Crippen LogP contribution is 2.41. The van der Waals surface area contributed by atoms with Crippen molar-refractivity contribution in [3.8, 4) is 27.9 Å². The Labute approximate surface area is 339 Å². The molecule has 0 saturated carbocycles. The number of nitrogens with zero attached hydrogens (tertiary/aromatic N) is 3. The number of benzene rings is 9. The topological polar surface area (TPSA) is 20.5 Å². The van der Waals surface area contributed by atoms with Gasteiger partial charge in [0.1, 0.15) is 6.67 Å². The van der Waals surface area contributed by atoms with Crippen LogP contribution in [0.1, 0.15) is 12.5 Å². The van der Waals surface area contributed by atoms with Gasteiger partial charge in [-0.1, -0.05) is 176 Å². The van der Waals surface area contributed by atoms with Crippen molar-refractivity contribution in [1.82, 2.24) is 4.57 Å². The van der Waals surface area contributed by atoms with Gasteiger partial charge in [0.2, 0.25) is 0 Å². The Kier molecular flexibility index (Phi) is 9.17. The minimum Gasteiger partial charge on any atom is -0.321 e. The molecule has 0 aliphatic heterocycles. The summed E-state index contributed by atoms with van der Waals surface area (Å²) in [5, 5.41) is 7.35. The van der Waals surface area contributed by atoms with Crippen LogP contribution in [0.5, 0.6) is 0 Å². The molecule has 58 heavy (non-hydrogen) atoms. The van der Waals surface area contributed by atoms with Crippen LogP contribution in [0.3, 0.4) is 0 Å². The molecule has 10 rings (SSSR count). The first-order valence-electron chi connectivity index (χ1n) is 19.9. The van der Waals surface area contributed by atoms with E-state index >= 15 is 0 Å². The molecule has 10 aromatic rings. The molecule has 0 unspecified atom stereocenters. The highest BCUT2D eigenvalue weighted by molar-refractivity contribution is 6.12. The lowest BCUT2D eigenvalue weighted by molar-refractivity contribution is 0.993. The summed E-state index contributed by atoms with van der Waals surface area (Å²) in [6, 6.07) is 74.3. The molecule has 9 aromatic carbocycles. The summed E-state index contributed by atoms with van der Waals surface area (Å²) >= 11 is 0. The molecule has 0 saturated heterocycles.